The molecule has 0 saturated carbocycles. The molecule has 1 fully saturated rings. The third-order valence-corrected chi connectivity index (χ3v) is 5.30. The van der Waals surface area contributed by atoms with Crippen LogP contribution in [0.25, 0.3) is 0 Å². The average molecular weight is 325 g/mol. The summed E-state index contributed by atoms with van der Waals surface area (Å²) in [5.74, 6) is 0.433. The predicted molar refractivity (Wildman–Crippen MR) is 67.4 cm³/mol. The van der Waals surface area contributed by atoms with E-state index < -0.39 is 34.8 Å². The van der Waals surface area contributed by atoms with Gasteiger partial charge in [0, 0.05) is 13.0 Å². The summed E-state index contributed by atoms with van der Waals surface area (Å²) in [4.78, 5) is -0.144. The summed E-state index contributed by atoms with van der Waals surface area (Å²) in [7, 11) is -2.67. The van der Waals surface area contributed by atoms with E-state index in [2.05, 4.69) is 0 Å². The zero-order valence-corrected chi connectivity index (χ0v) is 11.9. The smallest absolute Gasteiger partial charge is 0.418 e. The van der Waals surface area contributed by atoms with Gasteiger partial charge in [-0.2, -0.15) is 17.5 Å². The maximum absolute atomic E-state index is 12.7. The lowest BCUT2D eigenvalue weighted by molar-refractivity contribution is -0.252. The SMILES string of the molecule is COc1ccc(S(=O)(=O)N2CC[C@](O)(C(F)(F)F)C2)cc1. The molecule has 1 saturated heterocycles. The summed E-state index contributed by atoms with van der Waals surface area (Å²) < 4.78 is 68.2. The zero-order chi connectivity index (χ0) is 15.9. The number of sulfonamides is 1. The van der Waals surface area contributed by atoms with Crippen LogP contribution in [0, 0.1) is 0 Å². The number of hydrogen-bond donors (Lipinski definition) is 1. The van der Waals surface area contributed by atoms with Gasteiger partial charge in [0.15, 0.2) is 5.60 Å². The van der Waals surface area contributed by atoms with Crippen molar-refractivity contribution in [1.29, 1.82) is 0 Å². The second-order valence-electron chi connectivity index (χ2n) is 4.79. The van der Waals surface area contributed by atoms with Crippen molar-refractivity contribution in [1.82, 2.24) is 4.31 Å². The summed E-state index contributed by atoms with van der Waals surface area (Å²) in [6, 6.07) is 5.30. The minimum atomic E-state index is -4.86. The van der Waals surface area contributed by atoms with E-state index in [-0.39, 0.29) is 11.4 Å². The zero-order valence-electron chi connectivity index (χ0n) is 11.1. The molecule has 0 aliphatic carbocycles. The van der Waals surface area contributed by atoms with E-state index in [9.17, 15) is 26.7 Å². The fourth-order valence-electron chi connectivity index (χ4n) is 2.09. The van der Waals surface area contributed by atoms with E-state index in [1.807, 2.05) is 0 Å². The van der Waals surface area contributed by atoms with Gasteiger partial charge in [0.25, 0.3) is 0 Å². The fourth-order valence-corrected chi connectivity index (χ4v) is 3.59. The molecule has 0 spiro atoms. The van der Waals surface area contributed by atoms with Crippen LogP contribution in [-0.4, -0.2) is 49.8 Å². The van der Waals surface area contributed by atoms with Crippen LogP contribution in [0.15, 0.2) is 29.2 Å². The third-order valence-electron chi connectivity index (χ3n) is 3.44. The quantitative estimate of drug-likeness (QED) is 0.912. The monoisotopic (exact) mass is 325 g/mol. The van der Waals surface area contributed by atoms with Crippen LogP contribution in [0.2, 0.25) is 0 Å². The maximum Gasteiger partial charge on any atom is 0.418 e. The van der Waals surface area contributed by atoms with Crippen molar-refractivity contribution in [3.63, 3.8) is 0 Å². The Kier molecular flexibility index (Phi) is 3.94. The minimum absolute atomic E-state index is 0.144. The molecular weight excluding hydrogens is 311 g/mol. The highest BCUT2D eigenvalue weighted by atomic mass is 32.2. The molecule has 0 bridgehead atoms. The van der Waals surface area contributed by atoms with Gasteiger partial charge in [-0.05, 0) is 24.3 Å². The number of rotatable bonds is 3. The van der Waals surface area contributed by atoms with Crippen molar-refractivity contribution in [3.8, 4) is 5.75 Å². The lowest BCUT2D eigenvalue weighted by atomic mass is 10.0. The first-order chi connectivity index (χ1) is 9.60. The van der Waals surface area contributed by atoms with Gasteiger partial charge in [-0.3, -0.25) is 0 Å². The highest BCUT2D eigenvalue weighted by Crippen LogP contribution is 2.39. The van der Waals surface area contributed by atoms with Crippen molar-refractivity contribution in [2.45, 2.75) is 23.1 Å². The molecular formula is C12H14F3NO4S. The summed E-state index contributed by atoms with van der Waals surface area (Å²) >= 11 is 0. The van der Waals surface area contributed by atoms with Crippen LogP contribution < -0.4 is 4.74 Å². The van der Waals surface area contributed by atoms with Crippen LogP contribution in [0.5, 0.6) is 5.75 Å². The molecule has 5 nitrogen and oxygen atoms in total. The molecule has 0 aromatic heterocycles. The topological polar surface area (TPSA) is 66.8 Å². The number of methoxy groups -OCH3 is 1. The standard InChI is InChI=1S/C12H14F3NO4S/c1-20-9-2-4-10(5-3-9)21(18,19)16-7-6-11(17,8-16)12(13,14)15/h2-5,17H,6-8H2,1H3/t11-/m1/s1. The Morgan fingerprint density at radius 3 is 2.29 bits per heavy atom. The Hall–Kier alpha value is -1.32. The Bertz CT molecular complexity index is 614. The Balaban J connectivity index is 2.25. The van der Waals surface area contributed by atoms with Crippen LogP contribution in [0.1, 0.15) is 6.42 Å². The first-order valence-electron chi connectivity index (χ1n) is 6.03. The highest BCUT2D eigenvalue weighted by molar-refractivity contribution is 7.89. The summed E-state index contributed by atoms with van der Waals surface area (Å²) in [5, 5.41) is 9.54. The second-order valence-corrected chi connectivity index (χ2v) is 6.73. The number of hydrogen-bond acceptors (Lipinski definition) is 4. The minimum Gasteiger partial charge on any atom is -0.497 e. The Morgan fingerprint density at radius 1 is 1.29 bits per heavy atom. The molecule has 1 aliphatic heterocycles. The van der Waals surface area contributed by atoms with Gasteiger partial charge in [-0.25, -0.2) is 8.42 Å². The molecule has 0 unspecified atom stereocenters. The lowest BCUT2D eigenvalue weighted by Crippen LogP contribution is -2.48. The molecule has 1 N–H and O–H groups in total. The largest absolute Gasteiger partial charge is 0.497 e. The molecule has 0 radical (unpaired) electrons. The van der Waals surface area contributed by atoms with Crippen LogP contribution >= 0.6 is 0 Å². The van der Waals surface area contributed by atoms with Gasteiger partial charge in [0.1, 0.15) is 5.75 Å². The molecule has 9 heteroatoms. The van der Waals surface area contributed by atoms with Gasteiger partial charge >= 0.3 is 6.18 Å². The van der Waals surface area contributed by atoms with Crippen molar-refractivity contribution in [2.24, 2.45) is 0 Å². The average Bonchev–Trinajstić information content (AvgIpc) is 2.83. The van der Waals surface area contributed by atoms with E-state index in [0.29, 0.717) is 10.1 Å². The fraction of sp³-hybridized carbons (Fsp3) is 0.500. The molecule has 1 heterocycles. The van der Waals surface area contributed by atoms with Gasteiger partial charge in [0.05, 0.1) is 18.6 Å². The molecule has 118 valence electrons. The van der Waals surface area contributed by atoms with E-state index >= 15 is 0 Å². The van der Waals surface area contributed by atoms with E-state index in [1.165, 1.54) is 31.4 Å². The van der Waals surface area contributed by atoms with Gasteiger partial charge in [-0.1, -0.05) is 0 Å². The first kappa shape index (κ1) is 16.1. The van der Waals surface area contributed by atoms with E-state index in [1.54, 1.807) is 0 Å². The first-order valence-corrected chi connectivity index (χ1v) is 7.47. The molecule has 1 aromatic rings. The van der Waals surface area contributed by atoms with Crippen molar-refractivity contribution in [2.75, 3.05) is 20.2 Å². The van der Waals surface area contributed by atoms with Crippen LogP contribution in [0.3, 0.4) is 0 Å². The maximum atomic E-state index is 12.7. The molecule has 0 amide bonds. The van der Waals surface area contributed by atoms with Crippen LogP contribution in [0.4, 0.5) is 13.2 Å². The van der Waals surface area contributed by atoms with Crippen LogP contribution in [-0.2, 0) is 10.0 Å². The van der Waals surface area contributed by atoms with Gasteiger partial charge in [0.2, 0.25) is 10.0 Å². The summed E-state index contributed by atoms with van der Waals surface area (Å²) in [5.41, 5.74) is -2.99. The second kappa shape index (κ2) is 5.15. The van der Waals surface area contributed by atoms with Crippen molar-refractivity contribution in [3.05, 3.63) is 24.3 Å². The third kappa shape index (κ3) is 2.85. The Labute approximate surface area is 120 Å². The van der Waals surface area contributed by atoms with Crippen molar-refractivity contribution >= 4 is 10.0 Å². The molecule has 1 atom stereocenters. The molecule has 2 rings (SSSR count). The van der Waals surface area contributed by atoms with Gasteiger partial charge < -0.3 is 9.84 Å². The number of β-amino-alcohol motifs (C(OH)–C–C–N with tert-alkyl or cyclic N) is 1. The predicted octanol–water partition coefficient (Wildman–Crippen LogP) is 1.38. The molecule has 21 heavy (non-hydrogen) atoms. The number of ether oxygens (including phenoxy) is 1. The van der Waals surface area contributed by atoms with Gasteiger partial charge in [-0.15, -0.1) is 0 Å². The highest BCUT2D eigenvalue weighted by Gasteiger charge is 2.58. The lowest BCUT2D eigenvalue weighted by Gasteiger charge is -2.25. The molecule has 1 aromatic carbocycles. The number of halogens is 3. The normalized spacial score (nSPS) is 24.2. The number of benzene rings is 1. The molecule has 1 aliphatic rings. The van der Waals surface area contributed by atoms with E-state index in [0.717, 1.165) is 0 Å². The summed E-state index contributed by atoms with van der Waals surface area (Å²) in [6.45, 7) is -1.38. The number of aliphatic hydroxyl groups is 1. The Morgan fingerprint density at radius 2 is 1.86 bits per heavy atom. The summed E-state index contributed by atoms with van der Waals surface area (Å²) in [6.07, 6.45) is -5.54. The van der Waals surface area contributed by atoms with E-state index in [4.69, 9.17) is 4.74 Å². The van der Waals surface area contributed by atoms with Crippen molar-refractivity contribution < 1.29 is 31.4 Å². The number of nitrogens with zero attached hydrogens (tertiary/aromatic N) is 1. The number of alkyl halides is 3.